The summed E-state index contributed by atoms with van der Waals surface area (Å²) >= 11 is 0. The SMILES string of the molecule is O=C1NC(c2ccccc2)=C(Oc2ccccc2)C(c2ccccc2)N1. The maximum absolute atomic E-state index is 12.3. The van der Waals surface area contributed by atoms with Gasteiger partial charge >= 0.3 is 6.03 Å². The molecule has 3 aromatic carbocycles. The molecule has 0 radical (unpaired) electrons. The number of urea groups is 1. The summed E-state index contributed by atoms with van der Waals surface area (Å²) in [4.78, 5) is 12.3. The van der Waals surface area contributed by atoms with Gasteiger partial charge in [-0.2, -0.15) is 0 Å². The highest BCUT2D eigenvalue weighted by Crippen LogP contribution is 2.32. The van der Waals surface area contributed by atoms with Gasteiger partial charge in [-0.25, -0.2) is 4.79 Å². The Morgan fingerprint density at radius 2 is 1.31 bits per heavy atom. The lowest BCUT2D eigenvalue weighted by Gasteiger charge is -2.30. The topological polar surface area (TPSA) is 50.4 Å². The Balaban J connectivity index is 1.85. The second-order valence-corrected chi connectivity index (χ2v) is 5.96. The molecule has 1 unspecified atom stereocenters. The lowest BCUT2D eigenvalue weighted by Crippen LogP contribution is -2.44. The van der Waals surface area contributed by atoms with E-state index in [9.17, 15) is 4.79 Å². The number of nitrogens with one attached hydrogen (secondary N) is 2. The van der Waals surface area contributed by atoms with Gasteiger partial charge in [-0.1, -0.05) is 78.9 Å². The van der Waals surface area contributed by atoms with Gasteiger partial charge in [-0.05, 0) is 17.7 Å². The van der Waals surface area contributed by atoms with Gasteiger partial charge in [0, 0.05) is 5.56 Å². The lowest BCUT2D eigenvalue weighted by molar-refractivity contribution is 0.234. The van der Waals surface area contributed by atoms with Crippen molar-refractivity contribution in [3.63, 3.8) is 0 Å². The Morgan fingerprint density at radius 1 is 0.731 bits per heavy atom. The Morgan fingerprint density at radius 3 is 1.96 bits per heavy atom. The van der Waals surface area contributed by atoms with Crippen molar-refractivity contribution in [1.82, 2.24) is 10.6 Å². The zero-order valence-corrected chi connectivity index (χ0v) is 14.1. The van der Waals surface area contributed by atoms with E-state index in [1.54, 1.807) is 0 Å². The summed E-state index contributed by atoms with van der Waals surface area (Å²) in [5, 5.41) is 5.88. The first kappa shape index (κ1) is 16.0. The maximum Gasteiger partial charge on any atom is 0.320 e. The van der Waals surface area contributed by atoms with Crippen LogP contribution in [-0.2, 0) is 0 Å². The van der Waals surface area contributed by atoms with Crippen LogP contribution in [0.5, 0.6) is 5.75 Å². The van der Waals surface area contributed by atoms with Gasteiger partial charge in [0.1, 0.15) is 11.8 Å². The third-order valence-electron chi connectivity index (χ3n) is 4.19. The molecule has 1 atom stereocenters. The first-order chi connectivity index (χ1) is 12.8. The molecule has 0 spiro atoms. The van der Waals surface area contributed by atoms with Crippen molar-refractivity contribution in [3.8, 4) is 5.75 Å². The van der Waals surface area contributed by atoms with Crippen LogP contribution in [0.1, 0.15) is 17.2 Å². The average Bonchev–Trinajstić information content (AvgIpc) is 2.71. The van der Waals surface area contributed by atoms with Crippen LogP contribution in [0.3, 0.4) is 0 Å². The first-order valence-corrected chi connectivity index (χ1v) is 8.46. The van der Waals surface area contributed by atoms with Crippen LogP contribution in [0, 0.1) is 0 Å². The minimum absolute atomic E-state index is 0.252. The number of para-hydroxylation sites is 1. The van der Waals surface area contributed by atoms with Crippen LogP contribution in [0.2, 0.25) is 0 Å². The van der Waals surface area contributed by atoms with Gasteiger partial charge in [0.15, 0.2) is 5.76 Å². The van der Waals surface area contributed by atoms with Crippen molar-refractivity contribution in [2.75, 3.05) is 0 Å². The van der Waals surface area contributed by atoms with Gasteiger partial charge < -0.3 is 15.4 Å². The van der Waals surface area contributed by atoms with Gasteiger partial charge in [-0.15, -0.1) is 0 Å². The molecule has 1 aliphatic heterocycles. The summed E-state index contributed by atoms with van der Waals surface area (Å²) in [5.41, 5.74) is 2.53. The van der Waals surface area contributed by atoms with E-state index >= 15 is 0 Å². The second-order valence-electron chi connectivity index (χ2n) is 5.96. The molecule has 0 aliphatic carbocycles. The number of benzene rings is 3. The zero-order valence-electron chi connectivity index (χ0n) is 14.1. The molecule has 1 aliphatic rings. The van der Waals surface area contributed by atoms with Crippen molar-refractivity contribution >= 4 is 11.7 Å². The van der Waals surface area contributed by atoms with Crippen LogP contribution in [0.25, 0.3) is 5.70 Å². The summed E-state index contributed by atoms with van der Waals surface area (Å²) in [6.45, 7) is 0. The predicted molar refractivity (Wildman–Crippen MR) is 101 cm³/mol. The second kappa shape index (κ2) is 7.15. The average molecular weight is 342 g/mol. The number of carbonyl (C=O) groups excluding carboxylic acids is 1. The van der Waals surface area contributed by atoms with Crippen molar-refractivity contribution in [1.29, 1.82) is 0 Å². The third-order valence-corrected chi connectivity index (χ3v) is 4.19. The van der Waals surface area contributed by atoms with Crippen LogP contribution in [-0.4, -0.2) is 6.03 Å². The Labute approximate surface area is 152 Å². The minimum Gasteiger partial charge on any atom is -0.457 e. The Kier molecular flexibility index (Phi) is 4.39. The summed E-state index contributed by atoms with van der Waals surface area (Å²) in [6.07, 6.45) is 0. The molecule has 0 saturated heterocycles. The van der Waals surface area contributed by atoms with E-state index in [2.05, 4.69) is 10.6 Å². The number of rotatable bonds is 4. The smallest absolute Gasteiger partial charge is 0.320 e. The van der Waals surface area contributed by atoms with E-state index in [0.717, 1.165) is 16.9 Å². The zero-order chi connectivity index (χ0) is 17.8. The molecular weight excluding hydrogens is 324 g/mol. The quantitative estimate of drug-likeness (QED) is 0.734. The van der Waals surface area contributed by atoms with Crippen LogP contribution in [0.15, 0.2) is 96.8 Å². The summed E-state index contributed by atoms with van der Waals surface area (Å²) < 4.78 is 6.24. The molecule has 0 aromatic heterocycles. The van der Waals surface area contributed by atoms with Crippen LogP contribution >= 0.6 is 0 Å². The summed E-state index contributed by atoms with van der Waals surface area (Å²) in [5.74, 6) is 1.38. The highest BCUT2D eigenvalue weighted by Gasteiger charge is 2.31. The van der Waals surface area contributed by atoms with Gasteiger partial charge in [-0.3, -0.25) is 0 Å². The monoisotopic (exact) mass is 342 g/mol. The molecule has 4 nitrogen and oxygen atoms in total. The summed E-state index contributed by atoms with van der Waals surface area (Å²) in [6, 6.07) is 28.5. The van der Waals surface area contributed by atoms with E-state index in [-0.39, 0.29) is 12.1 Å². The van der Waals surface area contributed by atoms with Crippen molar-refractivity contribution in [2.24, 2.45) is 0 Å². The Bertz CT molecular complexity index is 922. The fourth-order valence-corrected chi connectivity index (χ4v) is 2.98. The molecule has 26 heavy (non-hydrogen) atoms. The number of amides is 2. The Hall–Kier alpha value is -3.53. The highest BCUT2D eigenvalue weighted by molar-refractivity contribution is 5.89. The van der Waals surface area contributed by atoms with Crippen LogP contribution < -0.4 is 15.4 Å². The number of hydrogen-bond acceptors (Lipinski definition) is 2. The van der Waals surface area contributed by atoms with E-state index in [1.165, 1.54) is 0 Å². The van der Waals surface area contributed by atoms with Crippen molar-refractivity contribution < 1.29 is 9.53 Å². The molecule has 128 valence electrons. The first-order valence-electron chi connectivity index (χ1n) is 8.46. The molecule has 2 N–H and O–H groups in total. The number of hydrogen-bond donors (Lipinski definition) is 2. The van der Waals surface area contributed by atoms with E-state index < -0.39 is 0 Å². The van der Waals surface area contributed by atoms with Crippen molar-refractivity contribution in [2.45, 2.75) is 6.04 Å². The molecule has 4 rings (SSSR count). The van der Waals surface area contributed by atoms with E-state index in [1.807, 2.05) is 91.0 Å². The fraction of sp³-hybridized carbons (Fsp3) is 0.0455. The van der Waals surface area contributed by atoms with Gasteiger partial charge in [0.2, 0.25) is 0 Å². The summed E-state index contributed by atoms with van der Waals surface area (Å²) in [7, 11) is 0. The van der Waals surface area contributed by atoms with E-state index in [4.69, 9.17) is 4.74 Å². The normalized spacial score (nSPS) is 16.6. The molecule has 0 fully saturated rings. The molecular formula is C22H18N2O2. The molecule has 2 amide bonds. The molecule has 0 bridgehead atoms. The fourth-order valence-electron chi connectivity index (χ4n) is 2.98. The van der Waals surface area contributed by atoms with Crippen LogP contribution in [0.4, 0.5) is 4.79 Å². The lowest BCUT2D eigenvalue weighted by atomic mass is 9.99. The maximum atomic E-state index is 12.3. The standard InChI is InChI=1S/C22H18N2O2/c25-22-23-19(16-10-4-1-5-11-16)21(26-18-14-8-3-9-15-18)20(24-22)17-12-6-2-7-13-17/h1-15,19H,(H2,23,24,25). The largest absolute Gasteiger partial charge is 0.457 e. The minimum atomic E-state index is -0.375. The van der Waals surface area contributed by atoms with Crippen molar-refractivity contribution in [3.05, 3.63) is 108 Å². The van der Waals surface area contributed by atoms with Gasteiger partial charge in [0.25, 0.3) is 0 Å². The molecule has 4 heteroatoms. The highest BCUT2D eigenvalue weighted by atomic mass is 16.5. The third kappa shape index (κ3) is 3.30. The van der Waals surface area contributed by atoms with Gasteiger partial charge in [0.05, 0.1) is 5.70 Å². The van der Waals surface area contributed by atoms with E-state index in [0.29, 0.717) is 11.5 Å². The predicted octanol–water partition coefficient (Wildman–Crippen LogP) is 4.49. The number of carbonyl (C=O) groups is 1. The molecule has 1 heterocycles. The molecule has 3 aromatic rings. The number of ether oxygens (including phenoxy) is 1. The molecule has 0 saturated carbocycles.